The minimum absolute atomic E-state index is 0.378. The lowest BCUT2D eigenvalue weighted by atomic mass is 9.83. The van der Waals surface area contributed by atoms with Crippen molar-refractivity contribution >= 4 is 0 Å². The van der Waals surface area contributed by atoms with Gasteiger partial charge in [0.1, 0.15) is 17.2 Å². The van der Waals surface area contributed by atoms with Crippen LogP contribution in [0.1, 0.15) is 46.9 Å². The first-order valence-corrected chi connectivity index (χ1v) is 10.9. The minimum Gasteiger partial charge on any atom is -0.495 e. The molecule has 5 heteroatoms. The smallest absolute Gasteiger partial charge is 0.143 e. The summed E-state index contributed by atoms with van der Waals surface area (Å²) in [5.41, 5.74) is 7.78. The number of aryl methyl sites for hydroxylation is 2. The third kappa shape index (κ3) is 3.76. The van der Waals surface area contributed by atoms with E-state index in [9.17, 15) is 0 Å². The van der Waals surface area contributed by atoms with Gasteiger partial charge >= 0.3 is 0 Å². The van der Waals surface area contributed by atoms with Gasteiger partial charge in [-0.15, -0.1) is 0 Å². The molecular weight excluding hydrogens is 386 g/mol. The van der Waals surface area contributed by atoms with Crippen LogP contribution in [-0.4, -0.2) is 21.8 Å². The van der Waals surface area contributed by atoms with Gasteiger partial charge in [0.05, 0.1) is 24.8 Å². The highest BCUT2D eigenvalue weighted by Crippen LogP contribution is 2.40. The third-order valence-corrected chi connectivity index (χ3v) is 6.21. The predicted molar refractivity (Wildman–Crippen MR) is 121 cm³/mol. The van der Waals surface area contributed by atoms with Gasteiger partial charge in [-0.2, -0.15) is 0 Å². The predicted octanol–water partition coefficient (Wildman–Crippen LogP) is 5.82. The number of benzene rings is 2. The zero-order valence-corrected chi connectivity index (χ0v) is 18.3. The van der Waals surface area contributed by atoms with E-state index in [1.807, 2.05) is 23.8 Å². The van der Waals surface area contributed by atoms with Crippen molar-refractivity contribution in [2.24, 2.45) is 0 Å². The maximum Gasteiger partial charge on any atom is 0.143 e. The van der Waals surface area contributed by atoms with Gasteiger partial charge in [-0.1, -0.05) is 41.1 Å². The molecule has 4 aromatic rings. The molecule has 0 spiro atoms. The fraction of sp³-hybridized carbons (Fsp3) is 0.308. The second-order valence-electron chi connectivity index (χ2n) is 8.46. The number of rotatable bonds is 5. The first-order chi connectivity index (χ1) is 15.1. The number of imidazole rings is 1. The third-order valence-electron chi connectivity index (χ3n) is 6.21. The highest BCUT2D eigenvalue weighted by Gasteiger charge is 2.29. The normalized spacial score (nSPS) is 15.6. The van der Waals surface area contributed by atoms with Crippen molar-refractivity contribution in [1.82, 2.24) is 14.7 Å². The first kappa shape index (κ1) is 19.6. The lowest BCUT2D eigenvalue weighted by Gasteiger charge is -2.21. The average Bonchev–Trinajstić information content (AvgIpc) is 3.42. The molecule has 2 aromatic carbocycles. The lowest BCUT2D eigenvalue weighted by Crippen LogP contribution is -2.10. The van der Waals surface area contributed by atoms with Crippen LogP contribution in [0, 0.1) is 13.8 Å². The Hall–Kier alpha value is -3.34. The summed E-state index contributed by atoms with van der Waals surface area (Å²) in [5.74, 6) is 2.22. The molecule has 1 atom stereocenters. The number of nitrogens with zero attached hydrogens (tertiary/aromatic N) is 3. The van der Waals surface area contributed by atoms with Crippen molar-refractivity contribution in [2.45, 2.75) is 45.4 Å². The van der Waals surface area contributed by atoms with Crippen molar-refractivity contribution in [3.8, 4) is 22.7 Å². The van der Waals surface area contributed by atoms with Gasteiger partial charge in [0.25, 0.3) is 0 Å². The maximum atomic E-state index is 5.94. The van der Waals surface area contributed by atoms with E-state index < -0.39 is 0 Å². The minimum atomic E-state index is 0.378. The second-order valence-corrected chi connectivity index (χ2v) is 8.46. The molecule has 0 N–H and O–H groups in total. The number of fused-ring (bicyclic) bond motifs is 1. The molecule has 0 aliphatic heterocycles. The Labute approximate surface area is 182 Å². The standard InChI is InChI=1S/C26H27N3O2/c1-17-7-9-19(10-8-17)13-21-5-4-6-22-25(28-31-26(21)22)20-11-12-23(24(14-20)30-3)29-15-18(2)27-16-29/h7-12,14-16,21H,4-6,13H2,1-3H3. The Morgan fingerprint density at radius 1 is 1.13 bits per heavy atom. The monoisotopic (exact) mass is 413 g/mol. The van der Waals surface area contributed by atoms with Crippen LogP contribution in [0.2, 0.25) is 0 Å². The second kappa shape index (κ2) is 8.06. The van der Waals surface area contributed by atoms with E-state index in [1.54, 1.807) is 13.4 Å². The Morgan fingerprint density at radius 3 is 2.71 bits per heavy atom. The fourth-order valence-electron chi connectivity index (χ4n) is 4.56. The zero-order valence-electron chi connectivity index (χ0n) is 18.3. The van der Waals surface area contributed by atoms with Crippen LogP contribution < -0.4 is 4.74 Å². The van der Waals surface area contributed by atoms with E-state index in [2.05, 4.69) is 53.5 Å². The van der Waals surface area contributed by atoms with Gasteiger partial charge in [-0.05, 0) is 57.2 Å². The molecular formula is C26H27N3O2. The first-order valence-electron chi connectivity index (χ1n) is 10.9. The van der Waals surface area contributed by atoms with Gasteiger partial charge in [0.2, 0.25) is 0 Å². The molecule has 31 heavy (non-hydrogen) atoms. The topological polar surface area (TPSA) is 53.1 Å². The van der Waals surface area contributed by atoms with E-state index in [4.69, 9.17) is 9.26 Å². The summed E-state index contributed by atoms with van der Waals surface area (Å²) in [4.78, 5) is 4.33. The summed E-state index contributed by atoms with van der Waals surface area (Å²) < 4.78 is 13.6. The molecule has 0 saturated heterocycles. The maximum absolute atomic E-state index is 5.94. The van der Waals surface area contributed by atoms with E-state index in [0.29, 0.717) is 5.92 Å². The van der Waals surface area contributed by atoms with Gasteiger partial charge in [-0.3, -0.25) is 0 Å². The summed E-state index contributed by atoms with van der Waals surface area (Å²) >= 11 is 0. The van der Waals surface area contributed by atoms with Crippen LogP contribution in [-0.2, 0) is 12.8 Å². The summed E-state index contributed by atoms with van der Waals surface area (Å²) in [7, 11) is 1.70. The number of hydrogen-bond donors (Lipinski definition) is 0. The Bertz CT molecular complexity index is 1200. The summed E-state index contributed by atoms with van der Waals surface area (Å²) in [6.45, 7) is 4.10. The van der Waals surface area contributed by atoms with Gasteiger partial charge in [-0.25, -0.2) is 4.98 Å². The van der Waals surface area contributed by atoms with Crippen molar-refractivity contribution in [1.29, 1.82) is 0 Å². The fourth-order valence-corrected chi connectivity index (χ4v) is 4.56. The largest absolute Gasteiger partial charge is 0.495 e. The van der Waals surface area contributed by atoms with Crippen molar-refractivity contribution in [3.63, 3.8) is 0 Å². The molecule has 1 aliphatic carbocycles. The van der Waals surface area contributed by atoms with Crippen molar-refractivity contribution in [2.75, 3.05) is 7.11 Å². The van der Waals surface area contributed by atoms with Gasteiger partial charge in [0, 0.05) is 23.2 Å². The van der Waals surface area contributed by atoms with Crippen LogP contribution in [0.5, 0.6) is 5.75 Å². The molecule has 0 radical (unpaired) electrons. The molecule has 0 fully saturated rings. The van der Waals surface area contributed by atoms with Crippen molar-refractivity contribution in [3.05, 3.63) is 83.1 Å². The number of ether oxygens (including phenoxy) is 1. The molecule has 1 aliphatic rings. The number of methoxy groups -OCH3 is 1. The molecule has 5 rings (SSSR count). The highest BCUT2D eigenvalue weighted by molar-refractivity contribution is 5.69. The van der Waals surface area contributed by atoms with Gasteiger partial charge in [0.15, 0.2) is 0 Å². The highest BCUT2D eigenvalue weighted by atomic mass is 16.5. The van der Waals surface area contributed by atoms with E-state index in [1.165, 1.54) is 16.7 Å². The SMILES string of the molecule is COc1cc(-c2noc3c2CCCC3Cc2ccc(C)cc2)ccc1-n1cnc(C)c1. The number of hydrogen-bond acceptors (Lipinski definition) is 4. The van der Waals surface area contributed by atoms with Crippen LogP contribution in [0.4, 0.5) is 0 Å². The van der Waals surface area contributed by atoms with Crippen LogP contribution in [0.15, 0.2) is 59.5 Å². The average molecular weight is 414 g/mol. The Kier molecular flexibility index (Phi) is 5.10. The molecule has 158 valence electrons. The molecule has 1 unspecified atom stereocenters. The van der Waals surface area contributed by atoms with Crippen LogP contribution in [0.25, 0.3) is 16.9 Å². The lowest BCUT2D eigenvalue weighted by molar-refractivity contribution is 0.340. The van der Waals surface area contributed by atoms with Crippen molar-refractivity contribution < 1.29 is 9.26 Å². The zero-order chi connectivity index (χ0) is 21.4. The summed E-state index contributed by atoms with van der Waals surface area (Å²) in [6.07, 6.45) is 8.08. The quantitative estimate of drug-likeness (QED) is 0.414. The van der Waals surface area contributed by atoms with Crippen LogP contribution in [0.3, 0.4) is 0 Å². The summed E-state index contributed by atoms with van der Waals surface area (Å²) in [5, 5.41) is 4.51. The molecule has 0 amide bonds. The molecule has 2 aromatic heterocycles. The molecule has 2 heterocycles. The Balaban J connectivity index is 1.47. The molecule has 5 nitrogen and oxygen atoms in total. The molecule has 0 saturated carbocycles. The van der Waals surface area contributed by atoms with E-state index in [-0.39, 0.29) is 0 Å². The van der Waals surface area contributed by atoms with Gasteiger partial charge < -0.3 is 13.8 Å². The summed E-state index contributed by atoms with van der Waals surface area (Å²) in [6, 6.07) is 15.0. The molecule has 0 bridgehead atoms. The number of aromatic nitrogens is 3. The van der Waals surface area contributed by atoms with E-state index in [0.717, 1.165) is 59.8 Å². The Morgan fingerprint density at radius 2 is 1.97 bits per heavy atom. The van der Waals surface area contributed by atoms with Crippen LogP contribution >= 0.6 is 0 Å². The van der Waals surface area contributed by atoms with E-state index >= 15 is 0 Å².